The van der Waals surface area contributed by atoms with E-state index in [1.165, 1.54) is 0 Å². The van der Waals surface area contributed by atoms with Crippen LogP contribution in [-0.2, 0) is 6.54 Å². The molecule has 1 aromatic carbocycles. The third-order valence-corrected chi connectivity index (χ3v) is 3.44. The molecule has 0 heterocycles. The normalized spacial score (nSPS) is 10.8. The number of nitrogens with one attached hydrogen (secondary N) is 1. The zero-order valence-corrected chi connectivity index (χ0v) is 16.0. The summed E-state index contributed by atoms with van der Waals surface area (Å²) in [6.45, 7) is 12.9. The van der Waals surface area contributed by atoms with E-state index in [9.17, 15) is 0 Å². The number of hydrogen-bond acceptors (Lipinski definition) is 3. The molecular formula is C16H23Br2NO2. The van der Waals surface area contributed by atoms with E-state index in [4.69, 9.17) is 9.47 Å². The summed E-state index contributed by atoms with van der Waals surface area (Å²) in [6, 6.07) is 4.08. The summed E-state index contributed by atoms with van der Waals surface area (Å²) in [5.41, 5.74) is 1.16. The first-order valence-electron chi connectivity index (χ1n) is 7.06. The van der Waals surface area contributed by atoms with Gasteiger partial charge >= 0.3 is 0 Å². The van der Waals surface area contributed by atoms with Crippen molar-refractivity contribution in [1.82, 2.24) is 5.32 Å². The van der Waals surface area contributed by atoms with Crippen LogP contribution in [0.15, 0.2) is 27.7 Å². The lowest BCUT2D eigenvalue weighted by Gasteiger charge is -2.16. The lowest BCUT2D eigenvalue weighted by atomic mass is 10.2. The van der Waals surface area contributed by atoms with Crippen molar-refractivity contribution in [3.8, 4) is 11.5 Å². The van der Waals surface area contributed by atoms with Gasteiger partial charge in [-0.15, -0.1) is 0 Å². The Bertz CT molecular complexity index is 476. The second-order valence-corrected chi connectivity index (χ2v) is 7.14. The topological polar surface area (TPSA) is 30.5 Å². The largest absolute Gasteiger partial charge is 0.490 e. The molecule has 0 saturated heterocycles. The Hall–Kier alpha value is -0.520. The van der Waals surface area contributed by atoms with E-state index >= 15 is 0 Å². The smallest absolute Gasteiger partial charge is 0.175 e. The summed E-state index contributed by atoms with van der Waals surface area (Å²) in [4.78, 5) is 0. The Morgan fingerprint density at radius 3 is 2.62 bits per heavy atom. The molecule has 1 rings (SSSR count). The fraction of sp³-hybridized carbons (Fsp3) is 0.500. The third kappa shape index (κ3) is 6.85. The van der Waals surface area contributed by atoms with Crippen LogP contribution in [0.1, 0.15) is 26.3 Å². The van der Waals surface area contributed by atoms with Crippen molar-refractivity contribution < 1.29 is 9.47 Å². The molecule has 0 radical (unpaired) electrons. The first-order valence-corrected chi connectivity index (χ1v) is 8.64. The molecule has 21 heavy (non-hydrogen) atoms. The summed E-state index contributed by atoms with van der Waals surface area (Å²) in [5, 5.41) is 3.43. The van der Waals surface area contributed by atoms with Crippen molar-refractivity contribution in [2.24, 2.45) is 5.92 Å². The average Bonchev–Trinajstić information content (AvgIpc) is 2.37. The number of rotatable bonds is 9. The molecule has 0 fully saturated rings. The Labute approximate surface area is 144 Å². The summed E-state index contributed by atoms with van der Waals surface area (Å²) >= 11 is 6.86. The Kier molecular flexibility index (Phi) is 8.37. The molecule has 0 aromatic heterocycles. The highest BCUT2D eigenvalue weighted by Gasteiger charge is 2.12. The van der Waals surface area contributed by atoms with Crippen LogP contribution in [0.3, 0.4) is 0 Å². The van der Waals surface area contributed by atoms with Gasteiger partial charge < -0.3 is 14.8 Å². The van der Waals surface area contributed by atoms with Crippen LogP contribution in [0, 0.1) is 5.92 Å². The van der Waals surface area contributed by atoms with Gasteiger partial charge in [0.1, 0.15) is 6.61 Å². The monoisotopic (exact) mass is 419 g/mol. The van der Waals surface area contributed by atoms with E-state index in [0.29, 0.717) is 24.9 Å². The Balaban J connectivity index is 2.86. The molecule has 3 nitrogen and oxygen atoms in total. The van der Waals surface area contributed by atoms with Crippen LogP contribution in [-0.4, -0.2) is 19.8 Å². The van der Waals surface area contributed by atoms with Gasteiger partial charge in [0.2, 0.25) is 0 Å². The zero-order valence-electron chi connectivity index (χ0n) is 12.8. The summed E-state index contributed by atoms with van der Waals surface area (Å²) < 4.78 is 13.1. The Morgan fingerprint density at radius 2 is 2.05 bits per heavy atom. The number of halogens is 2. The molecule has 0 bridgehead atoms. The summed E-state index contributed by atoms with van der Waals surface area (Å²) in [7, 11) is 0. The maximum absolute atomic E-state index is 5.74. The number of hydrogen-bond donors (Lipinski definition) is 1. The molecule has 0 saturated carbocycles. The van der Waals surface area contributed by atoms with Gasteiger partial charge in [0.15, 0.2) is 11.5 Å². The maximum Gasteiger partial charge on any atom is 0.175 e. The molecular weight excluding hydrogens is 398 g/mol. The fourth-order valence-corrected chi connectivity index (χ4v) is 2.50. The molecule has 5 heteroatoms. The van der Waals surface area contributed by atoms with E-state index in [0.717, 1.165) is 33.4 Å². The third-order valence-electron chi connectivity index (χ3n) is 2.62. The molecule has 0 unspecified atom stereocenters. The molecule has 0 aliphatic rings. The maximum atomic E-state index is 5.74. The number of ether oxygens (including phenoxy) is 2. The molecule has 0 aliphatic carbocycles. The lowest BCUT2D eigenvalue weighted by molar-refractivity contribution is 0.294. The van der Waals surface area contributed by atoms with E-state index in [2.05, 4.69) is 63.7 Å². The standard InChI is InChI=1S/C16H23Br2NO2/c1-5-20-15-7-13(9-19-8-11(2)3)6-14(18)16(15)21-10-12(4)17/h6-7,11,19H,4-5,8-10H2,1-3H3. The zero-order chi connectivity index (χ0) is 15.8. The Morgan fingerprint density at radius 1 is 1.33 bits per heavy atom. The van der Waals surface area contributed by atoms with Gasteiger partial charge in [-0.1, -0.05) is 36.4 Å². The molecule has 0 amide bonds. The molecule has 1 aromatic rings. The van der Waals surface area contributed by atoms with Gasteiger partial charge in [0.25, 0.3) is 0 Å². The highest BCUT2D eigenvalue weighted by molar-refractivity contribution is 9.11. The van der Waals surface area contributed by atoms with Crippen LogP contribution >= 0.6 is 31.9 Å². The van der Waals surface area contributed by atoms with Gasteiger partial charge in [0, 0.05) is 11.0 Å². The predicted molar refractivity (Wildman–Crippen MR) is 95.4 cm³/mol. The van der Waals surface area contributed by atoms with Gasteiger partial charge in [-0.25, -0.2) is 0 Å². The predicted octanol–water partition coefficient (Wildman–Crippen LogP) is 4.88. The van der Waals surface area contributed by atoms with Crippen molar-refractivity contribution >= 4 is 31.9 Å². The molecule has 0 spiro atoms. The first-order chi connectivity index (χ1) is 9.93. The van der Waals surface area contributed by atoms with E-state index in [-0.39, 0.29) is 0 Å². The van der Waals surface area contributed by atoms with Gasteiger partial charge in [-0.3, -0.25) is 0 Å². The molecule has 1 N–H and O–H groups in total. The lowest BCUT2D eigenvalue weighted by Crippen LogP contribution is -2.19. The van der Waals surface area contributed by atoms with Crippen LogP contribution in [0.2, 0.25) is 0 Å². The van der Waals surface area contributed by atoms with Crippen molar-refractivity contribution in [1.29, 1.82) is 0 Å². The minimum atomic E-state index is 0.406. The van der Waals surface area contributed by atoms with Crippen molar-refractivity contribution in [2.45, 2.75) is 27.3 Å². The quantitative estimate of drug-likeness (QED) is 0.617. The minimum absolute atomic E-state index is 0.406. The molecule has 118 valence electrons. The van der Waals surface area contributed by atoms with Crippen molar-refractivity contribution in [2.75, 3.05) is 19.8 Å². The highest BCUT2D eigenvalue weighted by Crippen LogP contribution is 2.37. The fourth-order valence-electron chi connectivity index (χ4n) is 1.78. The van der Waals surface area contributed by atoms with Gasteiger partial charge in [-0.2, -0.15) is 0 Å². The van der Waals surface area contributed by atoms with Crippen LogP contribution < -0.4 is 14.8 Å². The van der Waals surface area contributed by atoms with E-state index in [1.807, 2.05) is 13.0 Å². The molecule has 0 atom stereocenters. The summed E-state index contributed by atoms with van der Waals surface area (Å²) in [5.74, 6) is 2.10. The average molecular weight is 421 g/mol. The first kappa shape index (κ1) is 18.5. The van der Waals surface area contributed by atoms with Crippen LogP contribution in [0.5, 0.6) is 11.5 Å². The second-order valence-electron chi connectivity index (χ2n) is 5.17. The van der Waals surface area contributed by atoms with E-state index in [1.54, 1.807) is 0 Å². The molecule has 0 aliphatic heterocycles. The summed E-state index contributed by atoms with van der Waals surface area (Å²) in [6.07, 6.45) is 0. The van der Waals surface area contributed by atoms with E-state index < -0.39 is 0 Å². The van der Waals surface area contributed by atoms with Crippen molar-refractivity contribution in [3.05, 3.63) is 33.2 Å². The number of benzene rings is 1. The van der Waals surface area contributed by atoms with Crippen LogP contribution in [0.25, 0.3) is 0 Å². The second kappa shape index (κ2) is 9.49. The van der Waals surface area contributed by atoms with Crippen LogP contribution in [0.4, 0.5) is 0 Å². The van der Waals surface area contributed by atoms with Gasteiger partial charge in [-0.05, 0) is 53.0 Å². The van der Waals surface area contributed by atoms with Crippen molar-refractivity contribution in [3.63, 3.8) is 0 Å². The minimum Gasteiger partial charge on any atom is -0.490 e. The SMILES string of the molecule is C=C(Br)COc1c(Br)cc(CNCC(C)C)cc1OCC. The highest BCUT2D eigenvalue weighted by atomic mass is 79.9. The van der Waals surface area contributed by atoms with Gasteiger partial charge in [0.05, 0.1) is 11.1 Å².